The van der Waals surface area contributed by atoms with E-state index in [1.807, 2.05) is 25.7 Å². The molecular weight excluding hydrogens is 274 g/mol. The second-order valence-corrected chi connectivity index (χ2v) is 7.72. The monoisotopic (exact) mass is 301 g/mol. The van der Waals surface area contributed by atoms with Crippen molar-refractivity contribution in [2.75, 3.05) is 0 Å². The van der Waals surface area contributed by atoms with Gasteiger partial charge in [-0.1, -0.05) is 30.3 Å². The normalized spacial score (nSPS) is 26.7. The number of hydrogen-bond acceptors (Lipinski definition) is 2. The smallest absolute Gasteiger partial charge is 0.410 e. The molecule has 1 saturated heterocycles. The summed E-state index contributed by atoms with van der Waals surface area (Å²) in [6.07, 6.45) is 5.54. The Bertz CT molecular complexity index is 520. The van der Waals surface area contributed by atoms with E-state index >= 15 is 0 Å². The highest BCUT2D eigenvalue weighted by molar-refractivity contribution is 5.70. The second kappa shape index (κ2) is 5.94. The molecule has 0 spiro atoms. The number of likely N-dealkylation sites (tertiary alicyclic amines) is 1. The molecule has 1 aliphatic heterocycles. The average molecular weight is 301 g/mol. The zero-order valence-electron chi connectivity index (χ0n) is 13.9. The molecule has 1 heterocycles. The van der Waals surface area contributed by atoms with Crippen LogP contribution in [-0.2, 0) is 11.2 Å². The summed E-state index contributed by atoms with van der Waals surface area (Å²) in [5, 5.41) is 0. The third kappa shape index (κ3) is 3.63. The van der Waals surface area contributed by atoms with Crippen LogP contribution in [0.15, 0.2) is 30.3 Å². The topological polar surface area (TPSA) is 29.5 Å². The Labute approximate surface area is 133 Å². The molecule has 1 aliphatic carbocycles. The van der Waals surface area contributed by atoms with Crippen molar-refractivity contribution in [3.63, 3.8) is 0 Å². The predicted molar refractivity (Wildman–Crippen MR) is 87.8 cm³/mol. The molecule has 0 unspecified atom stereocenters. The maximum Gasteiger partial charge on any atom is 0.410 e. The van der Waals surface area contributed by atoms with Crippen LogP contribution in [0.25, 0.3) is 0 Å². The largest absolute Gasteiger partial charge is 0.444 e. The fourth-order valence-electron chi connectivity index (χ4n) is 3.60. The second-order valence-electron chi connectivity index (χ2n) is 7.72. The van der Waals surface area contributed by atoms with Crippen LogP contribution in [0.5, 0.6) is 0 Å². The molecule has 2 fully saturated rings. The van der Waals surface area contributed by atoms with Crippen LogP contribution in [0.1, 0.15) is 52.0 Å². The number of amides is 1. The number of aryl methyl sites for hydroxylation is 1. The van der Waals surface area contributed by atoms with Gasteiger partial charge in [-0.3, -0.25) is 0 Å². The number of hydrogen-bond donors (Lipinski definition) is 0. The Morgan fingerprint density at radius 2 is 1.95 bits per heavy atom. The molecule has 3 atom stereocenters. The molecule has 22 heavy (non-hydrogen) atoms. The van der Waals surface area contributed by atoms with E-state index in [4.69, 9.17) is 4.74 Å². The maximum atomic E-state index is 12.4. The molecule has 0 bridgehead atoms. The Kier molecular flexibility index (Phi) is 4.16. The van der Waals surface area contributed by atoms with Crippen LogP contribution in [0.3, 0.4) is 0 Å². The number of nitrogens with zero attached hydrogens (tertiary/aromatic N) is 1. The lowest BCUT2D eigenvalue weighted by Gasteiger charge is -2.30. The molecule has 1 amide bonds. The summed E-state index contributed by atoms with van der Waals surface area (Å²) in [6.45, 7) is 5.82. The van der Waals surface area contributed by atoms with E-state index in [-0.39, 0.29) is 6.09 Å². The van der Waals surface area contributed by atoms with Crippen molar-refractivity contribution in [3.05, 3.63) is 35.9 Å². The standard InChI is InChI=1S/C19H27NO2/c1-19(2,3)22-18(21)20-16(12-15-13-17(15)20)11-7-10-14-8-5-4-6-9-14/h4-6,8-9,15-17H,7,10-13H2,1-3H3/t15-,16-,17+/m1/s1. The quantitative estimate of drug-likeness (QED) is 0.824. The highest BCUT2D eigenvalue weighted by Gasteiger charge is 2.54. The number of carbonyl (C=O) groups excluding carboxylic acids is 1. The van der Waals surface area contributed by atoms with Crippen molar-refractivity contribution < 1.29 is 9.53 Å². The van der Waals surface area contributed by atoms with Crippen LogP contribution in [0.4, 0.5) is 4.79 Å². The van der Waals surface area contributed by atoms with Gasteiger partial charge in [0.2, 0.25) is 0 Å². The van der Waals surface area contributed by atoms with E-state index in [1.165, 1.54) is 18.4 Å². The van der Waals surface area contributed by atoms with E-state index in [1.54, 1.807) is 0 Å². The third-order valence-electron chi connectivity index (χ3n) is 4.66. The van der Waals surface area contributed by atoms with Gasteiger partial charge in [0.25, 0.3) is 0 Å². The van der Waals surface area contributed by atoms with Gasteiger partial charge in [0, 0.05) is 12.1 Å². The molecule has 1 aromatic carbocycles. The van der Waals surface area contributed by atoms with Crippen LogP contribution in [0, 0.1) is 5.92 Å². The Balaban J connectivity index is 1.53. The molecule has 3 nitrogen and oxygen atoms in total. The zero-order valence-corrected chi connectivity index (χ0v) is 13.9. The molecule has 0 radical (unpaired) electrons. The SMILES string of the molecule is CC(C)(C)OC(=O)N1[C@H](CCCc2ccccc2)C[C@@H]2C[C@@H]21. The summed E-state index contributed by atoms with van der Waals surface area (Å²) in [6, 6.07) is 11.4. The van der Waals surface area contributed by atoms with E-state index in [2.05, 4.69) is 30.3 Å². The van der Waals surface area contributed by atoms with Crippen molar-refractivity contribution in [2.45, 2.75) is 70.6 Å². The van der Waals surface area contributed by atoms with E-state index in [0.717, 1.165) is 25.2 Å². The molecule has 3 rings (SSSR count). The summed E-state index contributed by atoms with van der Waals surface area (Å²) in [5.41, 5.74) is 0.980. The lowest BCUT2D eigenvalue weighted by atomic mass is 10.0. The van der Waals surface area contributed by atoms with Gasteiger partial charge in [0.15, 0.2) is 0 Å². The van der Waals surface area contributed by atoms with E-state index in [0.29, 0.717) is 12.1 Å². The summed E-state index contributed by atoms with van der Waals surface area (Å²) in [4.78, 5) is 14.5. The van der Waals surface area contributed by atoms with Crippen molar-refractivity contribution in [3.8, 4) is 0 Å². The molecule has 1 aromatic rings. The van der Waals surface area contributed by atoms with Gasteiger partial charge in [-0.25, -0.2) is 4.79 Å². The zero-order chi connectivity index (χ0) is 15.7. The minimum Gasteiger partial charge on any atom is -0.444 e. The van der Waals surface area contributed by atoms with Gasteiger partial charge < -0.3 is 9.64 Å². The minimum atomic E-state index is -0.404. The molecule has 0 aromatic heterocycles. The van der Waals surface area contributed by atoms with Gasteiger partial charge >= 0.3 is 6.09 Å². The number of piperidine rings is 1. The van der Waals surface area contributed by atoms with Crippen LogP contribution in [-0.4, -0.2) is 28.7 Å². The lowest BCUT2D eigenvalue weighted by molar-refractivity contribution is 0.0176. The Morgan fingerprint density at radius 1 is 1.23 bits per heavy atom. The summed E-state index contributed by atoms with van der Waals surface area (Å²) < 4.78 is 5.60. The number of benzene rings is 1. The molecule has 1 saturated carbocycles. The molecular formula is C19H27NO2. The number of ether oxygens (including phenoxy) is 1. The van der Waals surface area contributed by atoms with Gasteiger partial charge in [-0.15, -0.1) is 0 Å². The third-order valence-corrected chi connectivity index (χ3v) is 4.66. The maximum absolute atomic E-state index is 12.4. The number of rotatable bonds is 4. The Hall–Kier alpha value is -1.51. The van der Waals surface area contributed by atoms with Crippen molar-refractivity contribution >= 4 is 6.09 Å². The van der Waals surface area contributed by atoms with Gasteiger partial charge in [-0.2, -0.15) is 0 Å². The van der Waals surface area contributed by atoms with Gasteiger partial charge in [0.05, 0.1) is 0 Å². The predicted octanol–water partition coefficient (Wildman–Crippen LogP) is 4.41. The number of carbonyl (C=O) groups is 1. The van der Waals surface area contributed by atoms with Gasteiger partial charge in [0.1, 0.15) is 5.60 Å². The first-order valence-electron chi connectivity index (χ1n) is 8.49. The fraction of sp³-hybridized carbons (Fsp3) is 0.632. The highest BCUT2D eigenvalue weighted by Crippen LogP contribution is 2.49. The first kappa shape index (κ1) is 15.4. The van der Waals surface area contributed by atoms with Crippen LogP contribution >= 0.6 is 0 Å². The lowest BCUT2D eigenvalue weighted by Crippen LogP contribution is -2.42. The highest BCUT2D eigenvalue weighted by atomic mass is 16.6. The van der Waals surface area contributed by atoms with E-state index in [9.17, 15) is 4.79 Å². The molecule has 3 heteroatoms. The molecule has 2 aliphatic rings. The van der Waals surface area contributed by atoms with E-state index < -0.39 is 5.60 Å². The summed E-state index contributed by atoms with van der Waals surface area (Å²) in [5.74, 6) is 0.731. The van der Waals surface area contributed by atoms with Crippen LogP contribution in [0.2, 0.25) is 0 Å². The summed E-state index contributed by atoms with van der Waals surface area (Å²) >= 11 is 0. The molecule has 0 N–H and O–H groups in total. The fourth-order valence-corrected chi connectivity index (χ4v) is 3.60. The molecule has 120 valence electrons. The first-order chi connectivity index (χ1) is 10.4. The van der Waals surface area contributed by atoms with Crippen molar-refractivity contribution in [1.82, 2.24) is 4.90 Å². The van der Waals surface area contributed by atoms with Crippen LogP contribution < -0.4 is 0 Å². The van der Waals surface area contributed by atoms with Gasteiger partial charge in [-0.05, 0) is 64.4 Å². The summed E-state index contributed by atoms with van der Waals surface area (Å²) in [7, 11) is 0. The van der Waals surface area contributed by atoms with Crippen molar-refractivity contribution in [1.29, 1.82) is 0 Å². The average Bonchev–Trinajstić information content (AvgIpc) is 3.09. The minimum absolute atomic E-state index is 0.109. The van der Waals surface area contributed by atoms with Crippen molar-refractivity contribution in [2.24, 2.45) is 5.92 Å². The number of fused-ring (bicyclic) bond motifs is 1. The first-order valence-corrected chi connectivity index (χ1v) is 8.49. The Morgan fingerprint density at radius 3 is 2.64 bits per heavy atom.